The first kappa shape index (κ1) is 11.4. The summed E-state index contributed by atoms with van der Waals surface area (Å²) in [6.07, 6.45) is 1.39. The van der Waals surface area contributed by atoms with Crippen LogP contribution < -0.4 is 10.5 Å². The molecular formula is C13H15N3O. The first-order valence-electron chi connectivity index (χ1n) is 5.50. The molecular weight excluding hydrogens is 214 g/mol. The number of hydrogen-bond donors (Lipinski definition) is 1. The Labute approximate surface area is 100 Å². The summed E-state index contributed by atoms with van der Waals surface area (Å²) in [5.74, 6) is 2.08. The lowest BCUT2D eigenvalue weighted by Gasteiger charge is -2.08. The van der Waals surface area contributed by atoms with Crippen LogP contribution in [0.1, 0.15) is 25.3 Å². The van der Waals surface area contributed by atoms with Crippen LogP contribution in [0.15, 0.2) is 36.7 Å². The van der Waals surface area contributed by atoms with Gasteiger partial charge in [-0.1, -0.05) is 26.0 Å². The Morgan fingerprint density at radius 2 is 2.00 bits per heavy atom. The molecule has 1 aromatic heterocycles. The first-order chi connectivity index (χ1) is 8.15. The van der Waals surface area contributed by atoms with Crippen LogP contribution in [0, 0.1) is 0 Å². The van der Waals surface area contributed by atoms with Gasteiger partial charge in [-0.25, -0.2) is 9.97 Å². The lowest BCUT2D eigenvalue weighted by Crippen LogP contribution is -1.94. The molecule has 0 unspecified atom stereocenters. The predicted octanol–water partition coefficient (Wildman–Crippen LogP) is 2.97. The number of benzene rings is 1. The van der Waals surface area contributed by atoms with Crippen LogP contribution in [0.4, 0.5) is 5.82 Å². The lowest BCUT2D eigenvalue weighted by molar-refractivity contribution is 0.461. The van der Waals surface area contributed by atoms with E-state index in [1.54, 1.807) is 6.07 Å². The largest absolute Gasteiger partial charge is 0.439 e. The van der Waals surface area contributed by atoms with Gasteiger partial charge in [0.25, 0.3) is 0 Å². The maximum atomic E-state index is 5.62. The molecule has 0 amide bonds. The summed E-state index contributed by atoms with van der Waals surface area (Å²) in [7, 11) is 0. The normalized spacial score (nSPS) is 10.5. The fourth-order valence-corrected chi connectivity index (χ4v) is 1.47. The second-order valence-electron chi connectivity index (χ2n) is 4.11. The highest BCUT2D eigenvalue weighted by molar-refractivity contribution is 5.36. The van der Waals surface area contributed by atoms with E-state index in [-0.39, 0.29) is 0 Å². The summed E-state index contributed by atoms with van der Waals surface area (Å²) in [5, 5.41) is 0. The minimum atomic E-state index is 0.398. The minimum Gasteiger partial charge on any atom is -0.439 e. The van der Waals surface area contributed by atoms with Crippen molar-refractivity contribution in [3.63, 3.8) is 0 Å². The molecule has 4 nitrogen and oxygen atoms in total. The van der Waals surface area contributed by atoms with E-state index in [2.05, 4.69) is 29.9 Å². The molecule has 2 aromatic rings. The van der Waals surface area contributed by atoms with Crippen molar-refractivity contribution in [1.29, 1.82) is 0 Å². The summed E-state index contributed by atoms with van der Waals surface area (Å²) in [6, 6.07) is 9.54. The molecule has 0 radical (unpaired) electrons. The molecule has 88 valence electrons. The van der Waals surface area contributed by atoms with Gasteiger partial charge in [0.1, 0.15) is 17.9 Å². The third-order valence-electron chi connectivity index (χ3n) is 2.41. The molecule has 2 N–H and O–H groups in total. The van der Waals surface area contributed by atoms with Crippen LogP contribution >= 0.6 is 0 Å². The molecule has 0 saturated heterocycles. The van der Waals surface area contributed by atoms with Crippen molar-refractivity contribution in [2.45, 2.75) is 19.8 Å². The lowest BCUT2D eigenvalue weighted by atomic mass is 10.0. The highest BCUT2D eigenvalue weighted by Gasteiger charge is 2.03. The molecule has 1 aromatic carbocycles. The van der Waals surface area contributed by atoms with Crippen LogP contribution in [0.5, 0.6) is 11.6 Å². The van der Waals surface area contributed by atoms with E-state index in [9.17, 15) is 0 Å². The standard InChI is InChI=1S/C13H15N3O/c1-9(2)10-4-3-5-11(6-10)17-13-7-12(14)15-8-16-13/h3-9H,1-2H3,(H2,14,15,16). The number of nitrogen functional groups attached to an aromatic ring is 1. The molecule has 0 bridgehead atoms. The van der Waals surface area contributed by atoms with Gasteiger partial charge in [-0.15, -0.1) is 0 Å². The van der Waals surface area contributed by atoms with Gasteiger partial charge < -0.3 is 10.5 Å². The monoisotopic (exact) mass is 229 g/mol. The third-order valence-corrected chi connectivity index (χ3v) is 2.41. The van der Waals surface area contributed by atoms with Crippen LogP contribution in [0.2, 0.25) is 0 Å². The molecule has 17 heavy (non-hydrogen) atoms. The zero-order valence-corrected chi connectivity index (χ0v) is 9.92. The molecule has 0 aliphatic rings. The van der Waals surface area contributed by atoms with E-state index in [1.807, 2.05) is 18.2 Å². The number of hydrogen-bond acceptors (Lipinski definition) is 4. The zero-order chi connectivity index (χ0) is 12.3. The highest BCUT2D eigenvalue weighted by atomic mass is 16.5. The van der Waals surface area contributed by atoms with Crippen LogP contribution in [0.3, 0.4) is 0 Å². The molecule has 0 aliphatic heterocycles. The van der Waals surface area contributed by atoms with E-state index in [1.165, 1.54) is 11.9 Å². The minimum absolute atomic E-state index is 0.398. The fourth-order valence-electron chi connectivity index (χ4n) is 1.47. The number of nitrogens with two attached hydrogens (primary N) is 1. The van der Waals surface area contributed by atoms with E-state index in [0.717, 1.165) is 5.75 Å². The van der Waals surface area contributed by atoms with Gasteiger partial charge in [0.2, 0.25) is 5.88 Å². The van der Waals surface area contributed by atoms with Gasteiger partial charge in [-0.05, 0) is 23.6 Å². The molecule has 0 spiro atoms. The molecule has 4 heteroatoms. The van der Waals surface area contributed by atoms with Crippen molar-refractivity contribution in [3.8, 4) is 11.6 Å². The van der Waals surface area contributed by atoms with Crippen LogP contribution in [-0.2, 0) is 0 Å². The number of nitrogens with zero attached hydrogens (tertiary/aromatic N) is 2. The van der Waals surface area contributed by atoms with Gasteiger partial charge in [0.15, 0.2) is 0 Å². The predicted molar refractivity (Wildman–Crippen MR) is 67.0 cm³/mol. The van der Waals surface area contributed by atoms with Crippen molar-refractivity contribution in [2.75, 3.05) is 5.73 Å². The number of ether oxygens (including phenoxy) is 1. The Balaban J connectivity index is 2.21. The highest BCUT2D eigenvalue weighted by Crippen LogP contribution is 2.24. The number of aromatic nitrogens is 2. The summed E-state index contributed by atoms with van der Waals surface area (Å²) in [4.78, 5) is 7.81. The van der Waals surface area contributed by atoms with Crippen molar-refractivity contribution in [3.05, 3.63) is 42.2 Å². The average Bonchev–Trinajstić information content (AvgIpc) is 2.29. The smallest absolute Gasteiger partial charge is 0.224 e. The van der Waals surface area contributed by atoms with Gasteiger partial charge in [-0.2, -0.15) is 0 Å². The zero-order valence-electron chi connectivity index (χ0n) is 9.92. The molecule has 2 rings (SSSR count). The van der Waals surface area contributed by atoms with Crippen molar-refractivity contribution in [2.24, 2.45) is 0 Å². The SMILES string of the molecule is CC(C)c1cccc(Oc2cc(N)ncn2)c1. The first-order valence-corrected chi connectivity index (χ1v) is 5.50. The molecule has 0 fully saturated rings. The maximum absolute atomic E-state index is 5.62. The second-order valence-corrected chi connectivity index (χ2v) is 4.11. The van der Waals surface area contributed by atoms with E-state index in [4.69, 9.17) is 10.5 Å². The van der Waals surface area contributed by atoms with E-state index < -0.39 is 0 Å². The Morgan fingerprint density at radius 3 is 2.71 bits per heavy atom. The van der Waals surface area contributed by atoms with Crippen molar-refractivity contribution in [1.82, 2.24) is 9.97 Å². The van der Waals surface area contributed by atoms with Gasteiger partial charge in [0, 0.05) is 6.07 Å². The van der Waals surface area contributed by atoms with Gasteiger partial charge >= 0.3 is 0 Å². The van der Waals surface area contributed by atoms with E-state index >= 15 is 0 Å². The second kappa shape index (κ2) is 4.82. The Morgan fingerprint density at radius 1 is 1.18 bits per heavy atom. The Kier molecular flexibility index (Phi) is 3.23. The molecule has 0 aliphatic carbocycles. The molecule has 1 heterocycles. The number of anilines is 1. The van der Waals surface area contributed by atoms with E-state index in [0.29, 0.717) is 17.6 Å². The maximum Gasteiger partial charge on any atom is 0.224 e. The fraction of sp³-hybridized carbons (Fsp3) is 0.231. The number of rotatable bonds is 3. The Bertz CT molecular complexity index is 512. The molecule has 0 saturated carbocycles. The Hall–Kier alpha value is -2.10. The van der Waals surface area contributed by atoms with Crippen molar-refractivity contribution >= 4 is 5.82 Å². The quantitative estimate of drug-likeness (QED) is 0.878. The molecule has 0 atom stereocenters. The summed E-state index contributed by atoms with van der Waals surface area (Å²) in [6.45, 7) is 4.28. The average molecular weight is 229 g/mol. The summed E-state index contributed by atoms with van der Waals surface area (Å²) >= 11 is 0. The van der Waals surface area contributed by atoms with Crippen molar-refractivity contribution < 1.29 is 4.74 Å². The van der Waals surface area contributed by atoms with Gasteiger partial charge in [0.05, 0.1) is 0 Å². The summed E-state index contributed by atoms with van der Waals surface area (Å²) < 4.78 is 5.62. The topological polar surface area (TPSA) is 61.0 Å². The third kappa shape index (κ3) is 2.93. The van der Waals surface area contributed by atoms with Crippen LogP contribution in [-0.4, -0.2) is 9.97 Å². The summed E-state index contributed by atoms with van der Waals surface area (Å²) in [5.41, 5.74) is 6.79. The van der Waals surface area contributed by atoms with Crippen LogP contribution in [0.25, 0.3) is 0 Å². The van der Waals surface area contributed by atoms with Gasteiger partial charge in [-0.3, -0.25) is 0 Å².